The van der Waals surface area contributed by atoms with Crippen molar-refractivity contribution >= 4 is 10.9 Å². The van der Waals surface area contributed by atoms with E-state index in [1.807, 2.05) is 31.2 Å². The highest BCUT2D eigenvalue weighted by Gasteiger charge is 2.15. The van der Waals surface area contributed by atoms with Crippen LogP contribution in [0.25, 0.3) is 16.9 Å². The van der Waals surface area contributed by atoms with Gasteiger partial charge in [0, 0.05) is 17.8 Å². The molecule has 2 aromatic heterocycles. The van der Waals surface area contributed by atoms with E-state index in [0.717, 1.165) is 16.5 Å². The average Bonchev–Trinajstić information content (AvgIpc) is 2.73. The first-order valence-electron chi connectivity index (χ1n) is 5.60. The molecule has 3 rings (SSSR count). The molecule has 1 aromatic carbocycles. The normalized spacial score (nSPS) is 10.4. The minimum absolute atomic E-state index is 0.526. The maximum absolute atomic E-state index is 9.34. The van der Waals surface area contributed by atoms with Crippen LogP contribution in [0.5, 0.6) is 0 Å². The summed E-state index contributed by atoms with van der Waals surface area (Å²) in [6.07, 6.45) is 3.35. The summed E-state index contributed by atoms with van der Waals surface area (Å²) in [6, 6.07) is 11.9. The fourth-order valence-corrected chi connectivity index (χ4v) is 2.15. The van der Waals surface area contributed by atoms with E-state index in [2.05, 4.69) is 16.0 Å². The van der Waals surface area contributed by atoms with Gasteiger partial charge in [-0.25, -0.2) is 9.97 Å². The molecule has 0 atom stereocenters. The van der Waals surface area contributed by atoms with Gasteiger partial charge in [-0.3, -0.25) is 4.57 Å². The Hall–Kier alpha value is -2.67. The van der Waals surface area contributed by atoms with Gasteiger partial charge in [-0.05, 0) is 24.6 Å². The van der Waals surface area contributed by atoms with Gasteiger partial charge in [-0.2, -0.15) is 5.26 Å². The predicted molar refractivity (Wildman–Crippen MR) is 68.3 cm³/mol. The number of hydrogen-bond acceptors (Lipinski definition) is 3. The van der Waals surface area contributed by atoms with Crippen molar-refractivity contribution in [3.63, 3.8) is 0 Å². The van der Waals surface area contributed by atoms with Gasteiger partial charge in [0.25, 0.3) is 0 Å². The lowest BCUT2D eigenvalue weighted by atomic mass is 10.2. The Bertz CT molecular complexity index is 751. The Labute approximate surface area is 104 Å². The zero-order chi connectivity index (χ0) is 12.5. The van der Waals surface area contributed by atoms with Crippen LogP contribution in [0.3, 0.4) is 0 Å². The molecule has 0 aliphatic carbocycles. The number of aromatic nitrogens is 3. The molecule has 0 amide bonds. The zero-order valence-corrected chi connectivity index (χ0v) is 9.83. The smallest absolute Gasteiger partial charge is 0.235 e. The second kappa shape index (κ2) is 3.97. The van der Waals surface area contributed by atoms with Crippen molar-refractivity contribution in [2.24, 2.45) is 0 Å². The Morgan fingerprint density at radius 3 is 2.56 bits per heavy atom. The van der Waals surface area contributed by atoms with E-state index >= 15 is 0 Å². The van der Waals surface area contributed by atoms with Gasteiger partial charge >= 0.3 is 0 Å². The zero-order valence-electron chi connectivity index (χ0n) is 9.83. The highest BCUT2D eigenvalue weighted by Crippen LogP contribution is 2.26. The molecule has 86 valence electrons. The molecule has 0 aliphatic rings. The van der Waals surface area contributed by atoms with Crippen LogP contribution in [0.4, 0.5) is 0 Å². The van der Waals surface area contributed by atoms with Gasteiger partial charge in [-0.15, -0.1) is 0 Å². The molecule has 0 spiro atoms. The van der Waals surface area contributed by atoms with Crippen LogP contribution in [0.2, 0.25) is 0 Å². The maximum Gasteiger partial charge on any atom is 0.235 e. The molecule has 3 aromatic rings. The van der Waals surface area contributed by atoms with Gasteiger partial charge in [-0.1, -0.05) is 18.2 Å². The number of fused-ring (bicyclic) bond motifs is 1. The van der Waals surface area contributed by atoms with E-state index in [0.29, 0.717) is 11.6 Å². The van der Waals surface area contributed by atoms with E-state index in [1.54, 1.807) is 23.0 Å². The molecule has 0 fully saturated rings. The third-order valence-electron chi connectivity index (χ3n) is 2.99. The molecule has 0 bridgehead atoms. The highest BCUT2D eigenvalue weighted by molar-refractivity contribution is 5.87. The van der Waals surface area contributed by atoms with Crippen molar-refractivity contribution in [1.29, 1.82) is 5.26 Å². The van der Waals surface area contributed by atoms with E-state index in [9.17, 15) is 5.26 Å². The Balaban J connectivity index is 2.45. The van der Waals surface area contributed by atoms with Crippen molar-refractivity contribution in [2.45, 2.75) is 6.92 Å². The van der Waals surface area contributed by atoms with Crippen LogP contribution in [0, 0.1) is 18.3 Å². The first-order chi connectivity index (χ1) is 8.83. The molecule has 0 unspecified atom stereocenters. The molecule has 4 nitrogen and oxygen atoms in total. The summed E-state index contributed by atoms with van der Waals surface area (Å²) in [7, 11) is 0. The van der Waals surface area contributed by atoms with Crippen LogP contribution in [-0.4, -0.2) is 14.5 Å². The summed E-state index contributed by atoms with van der Waals surface area (Å²) in [6.45, 7) is 1.94. The molecule has 0 aliphatic heterocycles. The summed E-state index contributed by atoms with van der Waals surface area (Å²) in [5, 5.41) is 10.4. The fourth-order valence-electron chi connectivity index (χ4n) is 2.15. The summed E-state index contributed by atoms with van der Waals surface area (Å²) in [5.41, 5.74) is 2.50. The molecule has 0 N–H and O–H groups in total. The van der Waals surface area contributed by atoms with E-state index in [-0.39, 0.29) is 0 Å². The summed E-state index contributed by atoms with van der Waals surface area (Å²) >= 11 is 0. The number of hydrogen-bond donors (Lipinski definition) is 0. The molecule has 2 heterocycles. The van der Waals surface area contributed by atoms with Gasteiger partial charge in [0.1, 0.15) is 11.8 Å². The number of para-hydroxylation sites is 1. The number of aryl methyl sites for hydroxylation is 1. The molecule has 4 heteroatoms. The molecule has 0 saturated carbocycles. The van der Waals surface area contributed by atoms with Crippen LogP contribution >= 0.6 is 0 Å². The molecule has 18 heavy (non-hydrogen) atoms. The lowest BCUT2D eigenvalue weighted by Gasteiger charge is -2.03. The number of rotatable bonds is 1. The van der Waals surface area contributed by atoms with E-state index in [1.165, 1.54) is 0 Å². The van der Waals surface area contributed by atoms with Crippen molar-refractivity contribution in [2.75, 3.05) is 0 Å². The summed E-state index contributed by atoms with van der Waals surface area (Å²) < 4.78 is 1.80. The Morgan fingerprint density at radius 1 is 1.11 bits per heavy atom. The van der Waals surface area contributed by atoms with Crippen molar-refractivity contribution in [3.8, 4) is 12.0 Å². The van der Waals surface area contributed by atoms with E-state index < -0.39 is 0 Å². The van der Waals surface area contributed by atoms with Crippen molar-refractivity contribution in [3.05, 3.63) is 54.0 Å². The minimum Gasteiger partial charge on any atom is -0.269 e. The molecular formula is C14H10N4. The average molecular weight is 234 g/mol. The van der Waals surface area contributed by atoms with Crippen LogP contribution < -0.4 is 0 Å². The largest absolute Gasteiger partial charge is 0.269 e. The van der Waals surface area contributed by atoms with E-state index in [4.69, 9.17) is 0 Å². The topological polar surface area (TPSA) is 54.5 Å². The molecule has 0 saturated heterocycles. The predicted octanol–water partition coefficient (Wildman–Crippen LogP) is 2.60. The Morgan fingerprint density at radius 2 is 1.83 bits per heavy atom. The second-order valence-corrected chi connectivity index (χ2v) is 3.99. The van der Waals surface area contributed by atoms with Gasteiger partial charge in [0.05, 0.1) is 5.52 Å². The summed E-state index contributed by atoms with van der Waals surface area (Å²) in [5.74, 6) is 0.526. The van der Waals surface area contributed by atoms with Crippen molar-refractivity contribution < 1.29 is 0 Å². The lowest BCUT2D eigenvalue weighted by molar-refractivity contribution is 0.944. The van der Waals surface area contributed by atoms with Crippen molar-refractivity contribution in [1.82, 2.24) is 14.5 Å². The highest BCUT2D eigenvalue weighted by atomic mass is 15.2. The number of nitriles is 1. The quantitative estimate of drug-likeness (QED) is 0.650. The molecule has 0 radical (unpaired) electrons. The minimum atomic E-state index is 0.526. The van der Waals surface area contributed by atoms with Crippen LogP contribution in [0.1, 0.15) is 11.3 Å². The fraction of sp³-hybridized carbons (Fsp3) is 0.0714. The first kappa shape index (κ1) is 10.5. The van der Waals surface area contributed by atoms with Gasteiger partial charge in [0.2, 0.25) is 5.95 Å². The third kappa shape index (κ3) is 1.38. The van der Waals surface area contributed by atoms with Crippen LogP contribution in [0.15, 0.2) is 42.7 Å². The lowest BCUT2D eigenvalue weighted by Crippen LogP contribution is -2.02. The SMILES string of the molecule is Cc1c(C#N)n(-c2ncccn2)c2ccccc12. The maximum atomic E-state index is 9.34. The second-order valence-electron chi connectivity index (χ2n) is 3.99. The third-order valence-corrected chi connectivity index (χ3v) is 2.99. The standard InChI is InChI=1S/C14H10N4/c1-10-11-5-2-3-6-12(11)18(13(10)9-15)14-16-7-4-8-17-14/h2-8H,1H3. The number of benzene rings is 1. The van der Waals surface area contributed by atoms with Gasteiger partial charge in [0.15, 0.2) is 0 Å². The monoisotopic (exact) mass is 234 g/mol. The summed E-state index contributed by atoms with van der Waals surface area (Å²) in [4.78, 5) is 8.44. The van der Waals surface area contributed by atoms with Crippen LogP contribution in [-0.2, 0) is 0 Å². The first-order valence-corrected chi connectivity index (χ1v) is 5.60. The van der Waals surface area contributed by atoms with Gasteiger partial charge < -0.3 is 0 Å². The molecular weight excluding hydrogens is 224 g/mol. The number of nitrogens with zero attached hydrogens (tertiary/aromatic N) is 4. The Kier molecular flexibility index (Phi) is 2.31.